The molecule has 1 unspecified atom stereocenters. The van der Waals surface area contributed by atoms with E-state index in [-0.39, 0.29) is 6.04 Å². The fraction of sp³-hybridized carbons (Fsp3) is 0.750. The van der Waals surface area contributed by atoms with Crippen LogP contribution >= 0.6 is 0 Å². The number of allylic oxidation sites excluding steroid dienone is 2. The number of nitrogens with zero attached hydrogens (tertiary/aromatic N) is 1. The van der Waals surface area contributed by atoms with Crippen molar-refractivity contribution in [2.75, 3.05) is 0 Å². The molecule has 0 heterocycles. The van der Waals surface area contributed by atoms with Gasteiger partial charge in [-0.05, 0) is 32.1 Å². The molecule has 1 atom stereocenters. The minimum absolute atomic E-state index is 0.0879. The second kappa shape index (κ2) is 4.20. The molecule has 56 valence electrons. The quantitative estimate of drug-likeness (QED) is 0.405. The third-order valence-corrected chi connectivity index (χ3v) is 1.89. The standard InChI is InChI=1S/C8H13NO/c10-9-8-6-4-2-1-3-5-7-8/h1-2,8H,3-7H2. The molecule has 0 aromatic rings. The van der Waals surface area contributed by atoms with Crippen molar-refractivity contribution in [2.45, 2.75) is 38.1 Å². The molecule has 0 amide bonds. The van der Waals surface area contributed by atoms with Gasteiger partial charge in [0.1, 0.15) is 0 Å². The van der Waals surface area contributed by atoms with Crippen LogP contribution < -0.4 is 0 Å². The molecule has 0 aromatic heterocycles. The van der Waals surface area contributed by atoms with E-state index in [1.54, 1.807) is 0 Å². The maximum absolute atomic E-state index is 10.2. The summed E-state index contributed by atoms with van der Waals surface area (Å²) < 4.78 is 0. The molecule has 2 nitrogen and oxygen atoms in total. The van der Waals surface area contributed by atoms with Crippen molar-refractivity contribution >= 4 is 0 Å². The Labute approximate surface area is 61.3 Å². The molecule has 0 saturated carbocycles. The van der Waals surface area contributed by atoms with Gasteiger partial charge in [0.2, 0.25) is 0 Å². The van der Waals surface area contributed by atoms with Crippen LogP contribution in [0.25, 0.3) is 0 Å². The molecule has 0 bridgehead atoms. The highest BCUT2D eigenvalue weighted by atomic mass is 16.3. The average Bonchev–Trinajstić information content (AvgIpc) is 1.87. The Kier molecular flexibility index (Phi) is 3.13. The minimum atomic E-state index is 0.0879. The Bertz CT molecular complexity index is 131. The minimum Gasteiger partial charge on any atom is -0.151 e. The maximum Gasteiger partial charge on any atom is 0.0922 e. The lowest BCUT2D eigenvalue weighted by Gasteiger charge is -2.08. The van der Waals surface area contributed by atoms with Gasteiger partial charge < -0.3 is 0 Å². The van der Waals surface area contributed by atoms with Gasteiger partial charge in [-0.25, -0.2) is 0 Å². The predicted octanol–water partition coefficient (Wildman–Crippen LogP) is 2.64. The highest BCUT2D eigenvalue weighted by Gasteiger charge is 2.07. The molecule has 0 saturated heterocycles. The van der Waals surface area contributed by atoms with Gasteiger partial charge in [0.25, 0.3) is 0 Å². The summed E-state index contributed by atoms with van der Waals surface area (Å²) in [7, 11) is 0. The van der Waals surface area contributed by atoms with Crippen LogP contribution in [0.5, 0.6) is 0 Å². The highest BCUT2D eigenvalue weighted by molar-refractivity contribution is 4.86. The predicted molar refractivity (Wildman–Crippen MR) is 41.8 cm³/mol. The van der Waals surface area contributed by atoms with E-state index in [9.17, 15) is 4.91 Å². The summed E-state index contributed by atoms with van der Waals surface area (Å²) in [5.74, 6) is 0. The van der Waals surface area contributed by atoms with Crippen molar-refractivity contribution in [3.8, 4) is 0 Å². The summed E-state index contributed by atoms with van der Waals surface area (Å²) in [4.78, 5) is 10.2. The first-order chi connectivity index (χ1) is 4.93. The monoisotopic (exact) mass is 139 g/mol. The third kappa shape index (κ3) is 2.29. The number of nitroso groups, excluding NO2 is 1. The van der Waals surface area contributed by atoms with Gasteiger partial charge in [-0.15, -0.1) is 0 Å². The van der Waals surface area contributed by atoms with E-state index < -0.39 is 0 Å². The SMILES string of the molecule is O=NC1CCC=CCCC1. The highest BCUT2D eigenvalue weighted by Crippen LogP contribution is 2.14. The van der Waals surface area contributed by atoms with Crippen molar-refractivity contribution in [3.63, 3.8) is 0 Å². The van der Waals surface area contributed by atoms with Crippen LogP contribution in [0.15, 0.2) is 17.3 Å². The molecular weight excluding hydrogens is 126 g/mol. The first-order valence-corrected chi connectivity index (χ1v) is 3.91. The molecule has 0 aliphatic heterocycles. The molecule has 2 heteroatoms. The zero-order valence-electron chi connectivity index (χ0n) is 6.12. The molecule has 10 heavy (non-hydrogen) atoms. The third-order valence-electron chi connectivity index (χ3n) is 1.89. The molecule has 0 N–H and O–H groups in total. The topological polar surface area (TPSA) is 29.4 Å². The maximum atomic E-state index is 10.2. The summed E-state index contributed by atoms with van der Waals surface area (Å²) in [6.07, 6.45) is 9.53. The Balaban J connectivity index is 2.34. The molecular formula is C8H13NO. The van der Waals surface area contributed by atoms with Crippen LogP contribution in [-0.4, -0.2) is 6.04 Å². The molecule has 0 fully saturated rings. The summed E-state index contributed by atoms with van der Waals surface area (Å²) in [5, 5.41) is 3.07. The number of hydrogen-bond acceptors (Lipinski definition) is 2. The second-order valence-electron chi connectivity index (χ2n) is 2.74. The Morgan fingerprint density at radius 1 is 1.20 bits per heavy atom. The fourth-order valence-electron chi connectivity index (χ4n) is 1.25. The second-order valence-corrected chi connectivity index (χ2v) is 2.74. The van der Waals surface area contributed by atoms with Gasteiger partial charge in [0, 0.05) is 0 Å². The molecule has 0 radical (unpaired) electrons. The van der Waals surface area contributed by atoms with Crippen molar-refractivity contribution in [2.24, 2.45) is 5.18 Å². The van der Waals surface area contributed by atoms with Crippen molar-refractivity contribution in [1.29, 1.82) is 0 Å². The van der Waals surface area contributed by atoms with E-state index in [0.29, 0.717) is 0 Å². The van der Waals surface area contributed by atoms with E-state index >= 15 is 0 Å². The van der Waals surface area contributed by atoms with Crippen LogP contribution in [0.3, 0.4) is 0 Å². The average molecular weight is 139 g/mol. The van der Waals surface area contributed by atoms with Gasteiger partial charge in [0.15, 0.2) is 0 Å². The first kappa shape index (κ1) is 7.45. The summed E-state index contributed by atoms with van der Waals surface area (Å²) in [5.41, 5.74) is 0. The van der Waals surface area contributed by atoms with Crippen LogP contribution in [0.4, 0.5) is 0 Å². The Hall–Kier alpha value is -0.660. The van der Waals surface area contributed by atoms with Gasteiger partial charge in [-0.2, -0.15) is 4.91 Å². The lowest BCUT2D eigenvalue weighted by Crippen LogP contribution is -2.03. The molecule has 1 aliphatic rings. The molecule has 1 rings (SSSR count). The van der Waals surface area contributed by atoms with Gasteiger partial charge >= 0.3 is 0 Å². The van der Waals surface area contributed by atoms with Crippen molar-refractivity contribution < 1.29 is 0 Å². The molecule has 0 spiro atoms. The molecule has 1 aliphatic carbocycles. The summed E-state index contributed by atoms with van der Waals surface area (Å²) >= 11 is 0. The van der Waals surface area contributed by atoms with Crippen LogP contribution in [0, 0.1) is 4.91 Å². The van der Waals surface area contributed by atoms with Gasteiger partial charge in [0.05, 0.1) is 6.04 Å². The lowest BCUT2D eigenvalue weighted by molar-refractivity contribution is 0.543. The van der Waals surface area contributed by atoms with Crippen LogP contribution in [-0.2, 0) is 0 Å². The van der Waals surface area contributed by atoms with Crippen molar-refractivity contribution in [1.82, 2.24) is 0 Å². The lowest BCUT2D eigenvalue weighted by atomic mass is 10.0. The Morgan fingerprint density at radius 2 is 2.00 bits per heavy atom. The van der Waals surface area contributed by atoms with E-state index in [0.717, 1.165) is 32.1 Å². The van der Waals surface area contributed by atoms with E-state index in [1.165, 1.54) is 0 Å². The van der Waals surface area contributed by atoms with Crippen LogP contribution in [0.2, 0.25) is 0 Å². The van der Waals surface area contributed by atoms with E-state index in [2.05, 4.69) is 17.3 Å². The van der Waals surface area contributed by atoms with Crippen molar-refractivity contribution in [3.05, 3.63) is 17.1 Å². The van der Waals surface area contributed by atoms with Gasteiger partial charge in [-0.3, -0.25) is 0 Å². The van der Waals surface area contributed by atoms with E-state index in [4.69, 9.17) is 0 Å². The number of hydrogen-bond donors (Lipinski definition) is 0. The zero-order chi connectivity index (χ0) is 7.23. The summed E-state index contributed by atoms with van der Waals surface area (Å²) in [6.45, 7) is 0. The largest absolute Gasteiger partial charge is 0.151 e. The van der Waals surface area contributed by atoms with E-state index in [1.807, 2.05) is 0 Å². The van der Waals surface area contributed by atoms with Crippen LogP contribution in [0.1, 0.15) is 32.1 Å². The molecule has 0 aromatic carbocycles. The zero-order valence-corrected chi connectivity index (χ0v) is 6.12. The Morgan fingerprint density at radius 3 is 2.80 bits per heavy atom. The number of rotatable bonds is 1. The summed E-state index contributed by atoms with van der Waals surface area (Å²) in [6, 6.07) is 0.0879. The fourth-order valence-corrected chi connectivity index (χ4v) is 1.25. The smallest absolute Gasteiger partial charge is 0.0922 e. The van der Waals surface area contributed by atoms with Gasteiger partial charge in [-0.1, -0.05) is 17.3 Å². The normalized spacial score (nSPS) is 27.0. The first-order valence-electron chi connectivity index (χ1n) is 3.91.